The molecule has 1 aliphatic heterocycles. The molecular weight excluding hydrogens is 398 g/mol. The number of hydrogen-bond acceptors (Lipinski definition) is 4. The molecule has 1 atom stereocenters. The molecule has 1 heterocycles. The van der Waals surface area contributed by atoms with Crippen LogP contribution in [0.15, 0.2) is 47.4 Å². The Labute approximate surface area is 179 Å². The Hall–Kier alpha value is -2.22. The Morgan fingerprint density at radius 1 is 1.00 bits per heavy atom. The third-order valence-corrected chi connectivity index (χ3v) is 7.92. The fourth-order valence-electron chi connectivity index (χ4n) is 4.13. The molecule has 1 aliphatic rings. The van der Waals surface area contributed by atoms with E-state index < -0.39 is 10.0 Å². The van der Waals surface area contributed by atoms with Crippen molar-refractivity contribution in [2.45, 2.75) is 45.2 Å². The number of rotatable bonds is 6. The van der Waals surface area contributed by atoms with E-state index in [1.54, 1.807) is 4.31 Å². The summed E-state index contributed by atoms with van der Waals surface area (Å²) < 4.78 is 28.0. The lowest BCUT2D eigenvalue weighted by molar-refractivity contribution is -0.126. The van der Waals surface area contributed by atoms with Gasteiger partial charge in [-0.25, -0.2) is 8.42 Å². The second kappa shape index (κ2) is 9.29. The maximum atomic E-state index is 13.2. The second-order valence-electron chi connectivity index (χ2n) is 8.05. The Balaban J connectivity index is 1.60. The van der Waals surface area contributed by atoms with Crippen molar-refractivity contribution >= 4 is 15.9 Å². The number of amides is 1. The average molecular weight is 430 g/mol. The highest BCUT2D eigenvalue weighted by Gasteiger charge is 2.33. The summed E-state index contributed by atoms with van der Waals surface area (Å²) >= 11 is 0. The summed E-state index contributed by atoms with van der Waals surface area (Å²) in [4.78, 5) is 15.0. The van der Waals surface area contributed by atoms with Crippen LogP contribution in [0.2, 0.25) is 0 Å². The Kier molecular flexibility index (Phi) is 6.95. The van der Waals surface area contributed by atoms with Gasteiger partial charge >= 0.3 is 0 Å². The average Bonchev–Trinajstić information content (AvgIpc) is 2.71. The fourth-order valence-corrected chi connectivity index (χ4v) is 5.97. The maximum Gasteiger partial charge on any atom is 0.243 e. The topological polar surface area (TPSA) is 69.7 Å². The molecule has 0 saturated carbocycles. The van der Waals surface area contributed by atoms with E-state index >= 15 is 0 Å². The van der Waals surface area contributed by atoms with Gasteiger partial charge in [0.1, 0.15) is 0 Å². The van der Waals surface area contributed by atoms with E-state index in [1.165, 1.54) is 0 Å². The summed E-state index contributed by atoms with van der Waals surface area (Å²) in [5.41, 5.74) is 3.68. The van der Waals surface area contributed by atoms with Crippen molar-refractivity contribution in [2.75, 3.05) is 26.2 Å². The van der Waals surface area contributed by atoms with Crippen molar-refractivity contribution in [1.29, 1.82) is 0 Å². The zero-order valence-electron chi connectivity index (χ0n) is 18.2. The van der Waals surface area contributed by atoms with E-state index in [2.05, 4.69) is 5.32 Å². The van der Waals surface area contributed by atoms with Gasteiger partial charge in [0.15, 0.2) is 0 Å². The van der Waals surface area contributed by atoms with Crippen LogP contribution in [0.25, 0.3) is 0 Å². The van der Waals surface area contributed by atoms with E-state index in [4.69, 9.17) is 0 Å². The molecule has 0 aliphatic carbocycles. The Bertz CT molecular complexity index is 975. The molecule has 3 rings (SSSR count). The van der Waals surface area contributed by atoms with Crippen molar-refractivity contribution in [1.82, 2.24) is 14.5 Å². The highest BCUT2D eigenvalue weighted by atomic mass is 32.2. The first kappa shape index (κ1) is 22.5. The number of piperazine rings is 1. The van der Waals surface area contributed by atoms with Gasteiger partial charge in [0, 0.05) is 32.7 Å². The third kappa shape index (κ3) is 4.91. The summed E-state index contributed by atoms with van der Waals surface area (Å²) in [6, 6.07) is 13.3. The van der Waals surface area contributed by atoms with Crippen LogP contribution in [-0.2, 0) is 21.4 Å². The molecule has 7 heteroatoms. The summed E-state index contributed by atoms with van der Waals surface area (Å²) in [6.07, 6.45) is 0. The van der Waals surface area contributed by atoms with E-state index in [1.807, 2.05) is 75.1 Å². The van der Waals surface area contributed by atoms with Crippen LogP contribution in [0.3, 0.4) is 0 Å². The van der Waals surface area contributed by atoms with Crippen LogP contribution >= 0.6 is 0 Å². The van der Waals surface area contributed by atoms with Gasteiger partial charge in [-0.1, -0.05) is 48.0 Å². The molecule has 0 unspecified atom stereocenters. The predicted molar refractivity (Wildman–Crippen MR) is 119 cm³/mol. The second-order valence-corrected chi connectivity index (χ2v) is 9.92. The Morgan fingerprint density at radius 3 is 2.13 bits per heavy atom. The van der Waals surface area contributed by atoms with Gasteiger partial charge in [-0.05, 0) is 44.4 Å². The lowest BCUT2D eigenvalue weighted by atomic mass is 10.1. The van der Waals surface area contributed by atoms with Crippen molar-refractivity contribution in [3.8, 4) is 0 Å². The zero-order valence-corrected chi connectivity index (χ0v) is 19.0. The van der Waals surface area contributed by atoms with Gasteiger partial charge in [0.25, 0.3) is 0 Å². The molecule has 1 N–H and O–H groups in total. The van der Waals surface area contributed by atoms with Crippen LogP contribution < -0.4 is 5.32 Å². The smallest absolute Gasteiger partial charge is 0.243 e. The molecule has 0 aromatic heterocycles. The number of nitrogens with one attached hydrogen (secondary N) is 1. The van der Waals surface area contributed by atoms with Gasteiger partial charge < -0.3 is 5.32 Å². The highest BCUT2D eigenvalue weighted by Crippen LogP contribution is 2.26. The number of aryl methyl sites for hydroxylation is 3. The van der Waals surface area contributed by atoms with E-state index in [0.717, 1.165) is 22.3 Å². The summed E-state index contributed by atoms with van der Waals surface area (Å²) in [5, 5.41) is 2.97. The lowest BCUT2D eigenvalue weighted by Crippen LogP contribution is -2.54. The van der Waals surface area contributed by atoms with Gasteiger partial charge in [-0.2, -0.15) is 4.31 Å². The molecular formula is C23H31N3O3S. The molecule has 1 fully saturated rings. The van der Waals surface area contributed by atoms with Crippen molar-refractivity contribution < 1.29 is 13.2 Å². The molecule has 162 valence electrons. The van der Waals surface area contributed by atoms with Crippen LogP contribution in [0.5, 0.6) is 0 Å². The normalized spacial score (nSPS) is 16.9. The molecule has 0 radical (unpaired) electrons. The maximum absolute atomic E-state index is 13.2. The molecule has 1 amide bonds. The van der Waals surface area contributed by atoms with Gasteiger partial charge in [-0.3, -0.25) is 9.69 Å². The largest absolute Gasteiger partial charge is 0.351 e. The first-order valence-corrected chi connectivity index (χ1v) is 11.8. The third-order valence-electron chi connectivity index (χ3n) is 5.71. The van der Waals surface area contributed by atoms with Gasteiger partial charge in [-0.15, -0.1) is 0 Å². The van der Waals surface area contributed by atoms with Crippen molar-refractivity contribution in [2.24, 2.45) is 0 Å². The molecule has 1 saturated heterocycles. The standard InChI is InChI=1S/C23H31N3O3S/c1-17-14-18(2)22(19(3)15-17)30(28,29)26-12-10-25(11-13-26)20(4)23(27)24-16-21-8-6-5-7-9-21/h5-9,14-15,20H,10-13,16H2,1-4H3,(H,24,27)/t20-/m0/s1. The number of hydrogen-bond donors (Lipinski definition) is 1. The van der Waals surface area contributed by atoms with Gasteiger partial charge in [0.2, 0.25) is 15.9 Å². The highest BCUT2D eigenvalue weighted by molar-refractivity contribution is 7.89. The van der Waals surface area contributed by atoms with E-state index in [9.17, 15) is 13.2 Å². The minimum atomic E-state index is -3.55. The summed E-state index contributed by atoms with van der Waals surface area (Å²) in [6.45, 7) is 9.86. The van der Waals surface area contributed by atoms with E-state index in [0.29, 0.717) is 37.6 Å². The SMILES string of the molecule is Cc1cc(C)c(S(=O)(=O)N2CCN([C@@H](C)C(=O)NCc3ccccc3)CC2)c(C)c1. The minimum Gasteiger partial charge on any atom is -0.351 e. The lowest BCUT2D eigenvalue weighted by Gasteiger charge is -2.37. The summed E-state index contributed by atoms with van der Waals surface area (Å²) in [7, 11) is -3.55. The molecule has 30 heavy (non-hydrogen) atoms. The number of sulfonamides is 1. The fraction of sp³-hybridized carbons (Fsp3) is 0.435. The van der Waals surface area contributed by atoms with Crippen LogP contribution in [0.4, 0.5) is 0 Å². The number of carbonyl (C=O) groups excluding carboxylic acids is 1. The molecule has 2 aromatic carbocycles. The first-order chi connectivity index (χ1) is 14.2. The number of nitrogens with zero attached hydrogens (tertiary/aromatic N) is 2. The molecule has 2 aromatic rings. The number of carbonyl (C=O) groups is 1. The van der Waals surface area contributed by atoms with Crippen molar-refractivity contribution in [3.63, 3.8) is 0 Å². The summed E-state index contributed by atoms with van der Waals surface area (Å²) in [5.74, 6) is -0.0413. The van der Waals surface area contributed by atoms with Crippen LogP contribution in [0, 0.1) is 20.8 Å². The number of benzene rings is 2. The first-order valence-electron chi connectivity index (χ1n) is 10.3. The molecule has 0 bridgehead atoms. The van der Waals surface area contributed by atoms with E-state index in [-0.39, 0.29) is 11.9 Å². The zero-order chi connectivity index (χ0) is 21.9. The molecule has 6 nitrogen and oxygen atoms in total. The van der Waals surface area contributed by atoms with Crippen LogP contribution in [0.1, 0.15) is 29.2 Å². The quantitative estimate of drug-likeness (QED) is 0.766. The monoisotopic (exact) mass is 429 g/mol. The predicted octanol–water partition coefficient (Wildman–Crippen LogP) is 2.62. The Morgan fingerprint density at radius 2 is 1.57 bits per heavy atom. The van der Waals surface area contributed by atoms with Gasteiger partial charge in [0.05, 0.1) is 10.9 Å². The van der Waals surface area contributed by atoms with Crippen LogP contribution in [-0.4, -0.2) is 55.8 Å². The van der Waals surface area contributed by atoms with Crippen molar-refractivity contribution in [3.05, 3.63) is 64.7 Å². The molecule has 0 spiro atoms. The minimum absolute atomic E-state index is 0.0413.